The molecule has 2 aromatic carbocycles. The Bertz CT molecular complexity index is 974. The average molecular weight is 433 g/mol. The minimum Gasteiger partial charge on any atom is -0.343 e. The van der Waals surface area contributed by atoms with Gasteiger partial charge in [-0.15, -0.1) is 0 Å². The highest BCUT2D eigenvalue weighted by molar-refractivity contribution is 5.79. The van der Waals surface area contributed by atoms with E-state index >= 15 is 0 Å². The number of carbonyl (C=O) groups is 1. The summed E-state index contributed by atoms with van der Waals surface area (Å²) in [5.41, 5.74) is 2.81. The van der Waals surface area contributed by atoms with E-state index in [9.17, 15) is 9.18 Å². The lowest BCUT2D eigenvalue weighted by Gasteiger charge is -2.32. The highest BCUT2D eigenvalue weighted by atomic mass is 19.1. The van der Waals surface area contributed by atoms with Crippen molar-refractivity contribution in [1.29, 1.82) is 0 Å². The molecule has 1 N–H and O–H groups in total. The number of nitrogens with zero attached hydrogens (tertiary/aromatic N) is 3. The molecule has 0 saturated carbocycles. The smallest absolute Gasteiger partial charge is 0.224 e. The molecule has 1 saturated heterocycles. The predicted molar refractivity (Wildman–Crippen MR) is 122 cm³/mol. The minimum atomic E-state index is -0.444. The number of benzene rings is 2. The van der Waals surface area contributed by atoms with Crippen LogP contribution < -0.4 is 5.32 Å². The van der Waals surface area contributed by atoms with Crippen LogP contribution in [0.2, 0.25) is 0 Å². The van der Waals surface area contributed by atoms with Gasteiger partial charge in [-0.05, 0) is 68.6 Å². The number of likely N-dealkylation sites (tertiary alicyclic amines) is 1. The van der Waals surface area contributed by atoms with Crippen LogP contribution in [0.1, 0.15) is 42.1 Å². The van der Waals surface area contributed by atoms with Crippen molar-refractivity contribution in [3.05, 3.63) is 95.8 Å². The lowest BCUT2D eigenvalue weighted by molar-refractivity contribution is -0.127. The molecule has 3 aromatic rings. The van der Waals surface area contributed by atoms with E-state index in [2.05, 4.69) is 44.5 Å². The second kappa shape index (κ2) is 11.0. The van der Waals surface area contributed by atoms with Crippen LogP contribution in [0.4, 0.5) is 4.39 Å². The van der Waals surface area contributed by atoms with Gasteiger partial charge in [-0.2, -0.15) is 0 Å². The SMILES string of the molecule is O=C(NC(c1ccc(F)cc1)c1cnccn1)C1CCN(CCCc2ccccc2)CC1. The lowest BCUT2D eigenvalue weighted by atomic mass is 9.94. The van der Waals surface area contributed by atoms with E-state index in [1.165, 1.54) is 17.7 Å². The van der Waals surface area contributed by atoms with Gasteiger partial charge in [-0.3, -0.25) is 14.8 Å². The predicted octanol–water partition coefficient (Wildman–Crippen LogP) is 4.17. The van der Waals surface area contributed by atoms with E-state index in [4.69, 9.17) is 0 Å². The van der Waals surface area contributed by atoms with Gasteiger partial charge < -0.3 is 10.2 Å². The third-order valence-electron chi connectivity index (χ3n) is 6.11. The highest BCUT2D eigenvalue weighted by Crippen LogP contribution is 2.23. The molecule has 5 nitrogen and oxygen atoms in total. The first-order chi connectivity index (χ1) is 15.7. The molecule has 6 heteroatoms. The molecule has 1 amide bonds. The normalized spacial score (nSPS) is 15.9. The fourth-order valence-corrected chi connectivity index (χ4v) is 4.27. The molecular formula is C26H29FN4O. The second-order valence-corrected chi connectivity index (χ2v) is 8.33. The van der Waals surface area contributed by atoms with Gasteiger partial charge in [0, 0.05) is 18.3 Å². The summed E-state index contributed by atoms with van der Waals surface area (Å²) in [6.07, 6.45) is 8.73. The summed E-state index contributed by atoms with van der Waals surface area (Å²) in [4.78, 5) is 24.0. The van der Waals surface area contributed by atoms with E-state index in [0.29, 0.717) is 5.69 Å². The van der Waals surface area contributed by atoms with E-state index in [1.807, 2.05) is 6.07 Å². The largest absolute Gasteiger partial charge is 0.343 e. The number of hydrogen-bond donors (Lipinski definition) is 1. The summed E-state index contributed by atoms with van der Waals surface area (Å²) in [5.74, 6) is -0.313. The monoisotopic (exact) mass is 432 g/mol. The van der Waals surface area contributed by atoms with Crippen LogP contribution in [0.5, 0.6) is 0 Å². The zero-order chi connectivity index (χ0) is 22.2. The number of hydrogen-bond acceptors (Lipinski definition) is 4. The number of amides is 1. The molecule has 0 aliphatic carbocycles. The second-order valence-electron chi connectivity index (χ2n) is 8.33. The van der Waals surface area contributed by atoms with Crippen molar-refractivity contribution in [2.24, 2.45) is 5.92 Å². The van der Waals surface area contributed by atoms with Gasteiger partial charge >= 0.3 is 0 Å². The van der Waals surface area contributed by atoms with Crippen LogP contribution in [0, 0.1) is 11.7 Å². The maximum atomic E-state index is 13.4. The van der Waals surface area contributed by atoms with Crippen LogP contribution in [-0.4, -0.2) is 40.4 Å². The molecule has 1 atom stereocenters. The van der Waals surface area contributed by atoms with E-state index in [0.717, 1.165) is 50.9 Å². The number of carbonyl (C=O) groups excluding carboxylic acids is 1. The standard InChI is InChI=1S/C26H29FN4O/c27-23-10-8-21(9-11-23)25(24-19-28-14-15-29-24)30-26(32)22-12-17-31(18-13-22)16-4-7-20-5-2-1-3-6-20/h1-3,5-6,8-11,14-15,19,22,25H,4,7,12-13,16-18H2,(H,30,32). The maximum absolute atomic E-state index is 13.4. The number of aromatic nitrogens is 2. The zero-order valence-corrected chi connectivity index (χ0v) is 18.2. The average Bonchev–Trinajstić information content (AvgIpc) is 2.85. The van der Waals surface area contributed by atoms with Crippen molar-refractivity contribution >= 4 is 5.91 Å². The summed E-state index contributed by atoms with van der Waals surface area (Å²) < 4.78 is 13.4. The number of halogens is 1. The Balaban J connectivity index is 1.31. The third-order valence-corrected chi connectivity index (χ3v) is 6.11. The molecule has 2 heterocycles. The van der Waals surface area contributed by atoms with Crippen molar-refractivity contribution < 1.29 is 9.18 Å². The van der Waals surface area contributed by atoms with E-state index in [-0.39, 0.29) is 17.6 Å². The zero-order valence-electron chi connectivity index (χ0n) is 18.2. The molecule has 166 valence electrons. The topological polar surface area (TPSA) is 58.1 Å². The maximum Gasteiger partial charge on any atom is 0.224 e. The summed E-state index contributed by atoms with van der Waals surface area (Å²) in [6, 6.07) is 16.3. The Morgan fingerprint density at radius 1 is 1.06 bits per heavy atom. The summed E-state index contributed by atoms with van der Waals surface area (Å²) >= 11 is 0. The Hall–Kier alpha value is -3.12. The molecule has 1 fully saturated rings. The van der Waals surface area contributed by atoms with Gasteiger partial charge in [0.15, 0.2) is 0 Å². The van der Waals surface area contributed by atoms with Gasteiger partial charge in [0.1, 0.15) is 5.82 Å². The van der Waals surface area contributed by atoms with E-state index in [1.54, 1.807) is 30.7 Å². The molecular weight excluding hydrogens is 403 g/mol. The summed E-state index contributed by atoms with van der Waals surface area (Å²) in [7, 11) is 0. The van der Waals surface area contributed by atoms with Crippen LogP contribution in [-0.2, 0) is 11.2 Å². The van der Waals surface area contributed by atoms with Crippen LogP contribution in [0.15, 0.2) is 73.2 Å². The summed E-state index contributed by atoms with van der Waals surface area (Å²) in [6.45, 7) is 2.92. The minimum absolute atomic E-state index is 0.0221. The Morgan fingerprint density at radius 2 is 1.81 bits per heavy atom. The lowest BCUT2D eigenvalue weighted by Crippen LogP contribution is -2.42. The molecule has 32 heavy (non-hydrogen) atoms. The summed E-state index contributed by atoms with van der Waals surface area (Å²) in [5, 5.41) is 3.14. The first-order valence-corrected chi connectivity index (χ1v) is 11.3. The Morgan fingerprint density at radius 3 is 2.50 bits per heavy atom. The number of aryl methyl sites for hydroxylation is 1. The van der Waals surface area contributed by atoms with Crippen molar-refractivity contribution in [1.82, 2.24) is 20.2 Å². The first-order valence-electron chi connectivity index (χ1n) is 11.3. The van der Waals surface area contributed by atoms with E-state index < -0.39 is 6.04 Å². The van der Waals surface area contributed by atoms with Gasteiger partial charge in [-0.1, -0.05) is 42.5 Å². The number of piperidine rings is 1. The molecule has 1 aromatic heterocycles. The fourth-order valence-electron chi connectivity index (χ4n) is 4.27. The molecule has 1 aliphatic rings. The van der Waals surface area contributed by atoms with Crippen molar-refractivity contribution in [2.45, 2.75) is 31.7 Å². The number of nitrogens with one attached hydrogen (secondary N) is 1. The first kappa shape index (κ1) is 22.1. The third kappa shape index (κ3) is 5.98. The quantitative estimate of drug-likeness (QED) is 0.581. The molecule has 0 bridgehead atoms. The van der Waals surface area contributed by atoms with Crippen molar-refractivity contribution in [3.63, 3.8) is 0 Å². The van der Waals surface area contributed by atoms with Crippen LogP contribution >= 0.6 is 0 Å². The van der Waals surface area contributed by atoms with Crippen molar-refractivity contribution in [3.8, 4) is 0 Å². The molecule has 0 spiro atoms. The van der Waals surface area contributed by atoms with Crippen molar-refractivity contribution in [2.75, 3.05) is 19.6 Å². The Labute approximate surface area is 188 Å². The van der Waals surface area contributed by atoms with Gasteiger partial charge in [0.05, 0.1) is 17.9 Å². The molecule has 4 rings (SSSR count). The number of rotatable bonds is 8. The van der Waals surface area contributed by atoms with Gasteiger partial charge in [-0.25, -0.2) is 4.39 Å². The Kier molecular flexibility index (Phi) is 7.56. The van der Waals surface area contributed by atoms with Gasteiger partial charge in [0.2, 0.25) is 5.91 Å². The van der Waals surface area contributed by atoms with Crippen LogP contribution in [0.3, 0.4) is 0 Å². The molecule has 1 aliphatic heterocycles. The fraction of sp³-hybridized carbons (Fsp3) is 0.346. The van der Waals surface area contributed by atoms with Gasteiger partial charge in [0.25, 0.3) is 0 Å². The van der Waals surface area contributed by atoms with Crippen LogP contribution in [0.25, 0.3) is 0 Å². The molecule has 1 unspecified atom stereocenters. The highest BCUT2D eigenvalue weighted by Gasteiger charge is 2.27. The molecule has 0 radical (unpaired) electrons.